The predicted molar refractivity (Wildman–Crippen MR) is 62.0 cm³/mol. The molecule has 0 saturated carbocycles. The smallest absolute Gasteiger partial charge is 0.245 e. The maximum absolute atomic E-state index is 5.80. The summed E-state index contributed by atoms with van der Waals surface area (Å²) in [4.78, 5) is 4.09. The summed E-state index contributed by atoms with van der Waals surface area (Å²) in [7, 11) is 0. The van der Waals surface area contributed by atoms with E-state index in [0.29, 0.717) is 18.3 Å². The van der Waals surface area contributed by atoms with E-state index >= 15 is 0 Å². The van der Waals surface area contributed by atoms with E-state index in [0.717, 1.165) is 16.9 Å². The van der Waals surface area contributed by atoms with Crippen molar-refractivity contribution in [1.82, 2.24) is 10.1 Å². The van der Waals surface area contributed by atoms with Gasteiger partial charge in [0.15, 0.2) is 5.82 Å². The SMILES string of the molecule is Cc1noc(CNc2ccc(C)c(N)c2)n1. The van der Waals surface area contributed by atoms with E-state index in [-0.39, 0.29) is 0 Å². The van der Waals surface area contributed by atoms with Crippen molar-refractivity contribution >= 4 is 11.4 Å². The Morgan fingerprint density at radius 3 is 2.81 bits per heavy atom. The van der Waals surface area contributed by atoms with Crippen LogP contribution < -0.4 is 11.1 Å². The van der Waals surface area contributed by atoms with Gasteiger partial charge in [-0.3, -0.25) is 0 Å². The minimum Gasteiger partial charge on any atom is -0.398 e. The summed E-state index contributed by atoms with van der Waals surface area (Å²) in [5, 5.41) is 6.88. The van der Waals surface area contributed by atoms with Gasteiger partial charge < -0.3 is 15.6 Å². The van der Waals surface area contributed by atoms with Gasteiger partial charge in [0.25, 0.3) is 0 Å². The largest absolute Gasteiger partial charge is 0.398 e. The first kappa shape index (κ1) is 10.5. The Morgan fingerprint density at radius 2 is 2.19 bits per heavy atom. The molecule has 0 aliphatic carbocycles. The Morgan fingerprint density at radius 1 is 1.38 bits per heavy atom. The Bertz CT molecular complexity index is 492. The number of nitrogen functional groups attached to an aromatic ring is 1. The first-order valence-corrected chi connectivity index (χ1v) is 5.04. The van der Waals surface area contributed by atoms with Crippen molar-refractivity contribution < 1.29 is 4.52 Å². The molecule has 1 heterocycles. The minimum absolute atomic E-state index is 0.503. The average molecular weight is 218 g/mol. The van der Waals surface area contributed by atoms with Crippen LogP contribution >= 0.6 is 0 Å². The van der Waals surface area contributed by atoms with E-state index < -0.39 is 0 Å². The van der Waals surface area contributed by atoms with Crippen molar-refractivity contribution in [3.63, 3.8) is 0 Å². The summed E-state index contributed by atoms with van der Waals surface area (Å²) >= 11 is 0. The van der Waals surface area contributed by atoms with Crippen LogP contribution in [0, 0.1) is 13.8 Å². The van der Waals surface area contributed by atoms with Crippen molar-refractivity contribution in [3.05, 3.63) is 35.5 Å². The van der Waals surface area contributed by atoms with Crippen LogP contribution in [0.15, 0.2) is 22.7 Å². The van der Waals surface area contributed by atoms with Crippen molar-refractivity contribution in [3.8, 4) is 0 Å². The summed E-state index contributed by atoms with van der Waals surface area (Å²) in [6.07, 6.45) is 0. The number of nitrogens with zero attached hydrogens (tertiary/aromatic N) is 2. The highest BCUT2D eigenvalue weighted by Crippen LogP contribution is 2.17. The van der Waals surface area contributed by atoms with Crippen LogP contribution in [-0.2, 0) is 6.54 Å². The number of nitrogens with two attached hydrogens (primary N) is 1. The Labute approximate surface area is 93.7 Å². The highest BCUT2D eigenvalue weighted by molar-refractivity contribution is 5.58. The van der Waals surface area contributed by atoms with Crippen LogP contribution in [0.4, 0.5) is 11.4 Å². The van der Waals surface area contributed by atoms with Gasteiger partial charge in [-0.2, -0.15) is 4.98 Å². The number of hydrogen-bond acceptors (Lipinski definition) is 5. The molecule has 0 spiro atoms. The molecule has 5 heteroatoms. The number of rotatable bonds is 3. The molecule has 0 amide bonds. The van der Waals surface area contributed by atoms with Crippen molar-refractivity contribution in [1.29, 1.82) is 0 Å². The van der Waals surface area contributed by atoms with Crippen molar-refractivity contribution in [2.75, 3.05) is 11.1 Å². The molecule has 0 saturated heterocycles. The van der Waals surface area contributed by atoms with Gasteiger partial charge in [0, 0.05) is 11.4 Å². The number of nitrogens with one attached hydrogen (secondary N) is 1. The van der Waals surface area contributed by atoms with Crippen LogP contribution in [-0.4, -0.2) is 10.1 Å². The van der Waals surface area contributed by atoms with E-state index in [1.54, 1.807) is 6.92 Å². The second-order valence-corrected chi connectivity index (χ2v) is 3.66. The Kier molecular flexibility index (Phi) is 2.76. The van der Waals surface area contributed by atoms with Gasteiger partial charge in [-0.1, -0.05) is 11.2 Å². The second kappa shape index (κ2) is 4.22. The highest BCUT2D eigenvalue weighted by Gasteiger charge is 2.02. The number of benzene rings is 1. The molecule has 0 radical (unpaired) electrons. The quantitative estimate of drug-likeness (QED) is 0.769. The standard InChI is InChI=1S/C11H14N4O/c1-7-3-4-9(5-10(7)12)13-6-11-14-8(2)15-16-11/h3-5,13H,6,12H2,1-2H3. The highest BCUT2D eigenvalue weighted by atomic mass is 16.5. The summed E-state index contributed by atoms with van der Waals surface area (Å²) in [5.41, 5.74) is 8.58. The zero-order chi connectivity index (χ0) is 11.5. The van der Waals surface area contributed by atoms with Crippen LogP contribution in [0.1, 0.15) is 17.3 Å². The summed E-state index contributed by atoms with van der Waals surface area (Å²) in [6.45, 7) is 4.26. The maximum Gasteiger partial charge on any atom is 0.245 e. The number of anilines is 2. The molecule has 84 valence electrons. The van der Waals surface area contributed by atoms with E-state index in [9.17, 15) is 0 Å². The van der Waals surface area contributed by atoms with Crippen molar-refractivity contribution in [2.45, 2.75) is 20.4 Å². The molecule has 2 rings (SSSR count). The summed E-state index contributed by atoms with van der Waals surface area (Å²) in [6, 6.07) is 5.82. The predicted octanol–water partition coefficient (Wildman–Crippen LogP) is 1.88. The van der Waals surface area contributed by atoms with Gasteiger partial charge in [-0.15, -0.1) is 0 Å². The normalized spacial score (nSPS) is 10.4. The lowest BCUT2D eigenvalue weighted by Gasteiger charge is -2.06. The molecule has 0 unspecified atom stereocenters. The average Bonchev–Trinajstić information content (AvgIpc) is 2.66. The van der Waals surface area contributed by atoms with Gasteiger partial charge in [0.05, 0.1) is 6.54 Å². The van der Waals surface area contributed by atoms with E-state index in [1.807, 2.05) is 25.1 Å². The molecule has 0 fully saturated rings. The van der Waals surface area contributed by atoms with Crippen LogP contribution in [0.5, 0.6) is 0 Å². The lowest BCUT2D eigenvalue weighted by Crippen LogP contribution is -2.01. The third kappa shape index (κ3) is 2.31. The van der Waals surface area contributed by atoms with Gasteiger partial charge in [-0.25, -0.2) is 0 Å². The number of hydrogen-bond donors (Lipinski definition) is 2. The molecule has 1 aromatic heterocycles. The number of aryl methyl sites for hydroxylation is 2. The molecule has 2 aromatic rings. The van der Waals surface area contributed by atoms with Crippen LogP contribution in [0.25, 0.3) is 0 Å². The summed E-state index contributed by atoms with van der Waals surface area (Å²) < 4.78 is 4.99. The third-order valence-electron chi connectivity index (χ3n) is 2.29. The van der Waals surface area contributed by atoms with E-state index in [4.69, 9.17) is 10.3 Å². The maximum atomic E-state index is 5.80. The van der Waals surface area contributed by atoms with Gasteiger partial charge >= 0.3 is 0 Å². The minimum atomic E-state index is 0.503. The Hall–Kier alpha value is -2.04. The molecule has 0 atom stereocenters. The molecule has 0 aliphatic rings. The zero-order valence-corrected chi connectivity index (χ0v) is 9.32. The third-order valence-corrected chi connectivity index (χ3v) is 2.29. The zero-order valence-electron chi connectivity index (χ0n) is 9.32. The fraction of sp³-hybridized carbons (Fsp3) is 0.273. The molecular weight excluding hydrogens is 204 g/mol. The van der Waals surface area contributed by atoms with Crippen LogP contribution in [0.3, 0.4) is 0 Å². The number of aromatic nitrogens is 2. The molecular formula is C11H14N4O. The lowest BCUT2D eigenvalue weighted by molar-refractivity contribution is 0.379. The monoisotopic (exact) mass is 218 g/mol. The molecule has 0 bridgehead atoms. The molecule has 0 aliphatic heterocycles. The van der Waals surface area contributed by atoms with Gasteiger partial charge in [0.2, 0.25) is 5.89 Å². The topological polar surface area (TPSA) is 77.0 Å². The fourth-order valence-electron chi connectivity index (χ4n) is 1.34. The van der Waals surface area contributed by atoms with Crippen molar-refractivity contribution in [2.24, 2.45) is 0 Å². The summed E-state index contributed by atoms with van der Waals surface area (Å²) in [5.74, 6) is 1.21. The first-order valence-electron chi connectivity index (χ1n) is 5.04. The molecule has 1 aromatic carbocycles. The van der Waals surface area contributed by atoms with E-state index in [1.165, 1.54) is 0 Å². The van der Waals surface area contributed by atoms with Gasteiger partial charge in [0.1, 0.15) is 0 Å². The first-order chi connectivity index (χ1) is 7.65. The second-order valence-electron chi connectivity index (χ2n) is 3.66. The van der Waals surface area contributed by atoms with E-state index in [2.05, 4.69) is 15.5 Å². The van der Waals surface area contributed by atoms with Gasteiger partial charge in [-0.05, 0) is 31.5 Å². The molecule has 16 heavy (non-hydrogen) atoms. The fourth-order valence-corrected chi connectivity index (χ4v) is 1.34. The molecule has 3 N–H and O–H groups in total. The van der Waals surface area contributed by atoms with Crippen LogP contribution in [0.2, 0.25) is 0 Å². The Balaban J connectivity index is 2.02. The lowest BCUT2D eigenvalue weighted by atomic mass is 10.2. The molecule has 5 nitrogen and oxygen atoms in total.